The zero-order chi connectivity index (χ0) is 39.9. The molecule has 0 aromatic heterocycles. The molecule has 2 N–H and O–H groups in total. The van der Waals surface area contributed by atoms with Gasteiger partial charge in [0, 0.05) is 48.4 Å². The first-order chi connectivity index (χ1) is 25.1. The molecule has 54 heavy (non-hydrogen) atoms. The fourth-order valence-corrected chi connectivity index (χ4v) is 11.1. The second-order valence-electron chi connectivity index (χ2n) is 16.6. The lowest BCUT2D eigenvalue weighted by Crippen LogP contribution is -2.47. The number of esters is 1. The van der Waals surface area contributed by atoms with Gasteiger partial charge in [0.2, 0.25) is 20.0 Å². The van der Waals surface area contributed by atoms with E-state index in [1.165, 1.54) is 45.0 Å². The number of carbonyl (C=O) groups excluding carboxylic acids is 2. The monoisotopic (exact) mass is 787 g/mol. The molecule has 0 saturated carbocycles. The Labute approximate surface area is 319 Å². The van der Waals surface area contributed by atoms with Crippen molar-refractivity contribution in [1.82, 2.24) is 13.9 Å². The fraction of sp³-hybridized carbons (Fsp3) is 0.579. The molecule has 1 aliphatic carbocycles. The number of hydrogen-bond acceptors (Lipinski definition) is 11. The van der Waals surface area contributed by atoms with Crippen LogP contribution in [0.15, 0.2) is 56.5 Å². The van der Waals surface area contributed by atoms with E-state index in [0.717, 1.165) is 12.8 Å². The molecule has 1 amide bonds. The predicted octanol–water partition coefficient (Wildman–Crippen LogP) is 5.40. The van der Waals surface area contributed by atoms with Crippen LogP contribution < -0.4 is 5.32 Å². The Morgan fingerprint density at radius 2 is 1.19 bits per heavy atom. The number of amides is 1. The van der Waals surface area contributed by atoms with E-state index in [2.05, 4.69) is 15.6 Å². The fourth-order valence-electron chi connectivity index (χ4n) is 7.67. The molecule has 5 rings (SSSR count). The Morgan fingerprint density at radius 1 is 0.759 bits per heavy atom. The maximum absolute atomic E-state index is 14.1. The summed E-state index contributed by atoms with van der Waals surface area (Å²) in [5.41, 5.74) is -0.0424. The lowest BCUT2D eigenvalue weighted by atomic mass is 9.83. The zero-order valence-electron chi connectivity index (χ0n) is 32.5. The Kier molecular flexibility index (Phi) is 12.0. The molecule has 2 aliphatic heterocycles. The van der Waals surface area contributed by atoms with Gasteiger partial charge in [-0.15, -0.1) is 0 Å². The van der Waals surface area contributed by atoms with Gasteiger partial charge >= 0.3 is 12.1 Å². The Balaban J connectivity index is 1.62. The summed E-state index contributed by atoms with van der Waals surface area (Å²) in [6.45, 7) is 17.9. The van der Waals surface area contributed by atoms with Gasteiger partial charge in [-0.2, -0.15) is 8.61 Å². The number of nitrogens with zero attached hydrogens (tertiary/aromatic N) is 4. The minimum Gasteiger partial charge on any atom is -0.458 e. The highest BCUT2D eigenvalue weighted by molar-refractivity contribution is 7.89. The number of ether oxygens (including phenoxy) is 1. The Morgan fingerprint density at radius 3 is 1.56 bits per heavy atom. The van der Waals surface area contributed by atoms with Crippen molar-refractivity contribution in [3.8, 4) is 0 Å². The summed E-state index contributed by atoms with van der Waals surface area (Å²) >= 11 is 0. The quantitative estimate of drug-likeness (QED) is 0.131. The van der Waals surface area contributed by atoms with Crippen LogP contribution in [-0.2, 0) is 34.4 Å². The van der Waals surface area contributed by atoms with Gasteiger partial charge in [-0.05, 0) is 87.5 Å². The normalized spacial score (nSPS) is 23.2. The summed E-state index contributed by atoms with van der Waals surface area (Å²) < 4.78 is 64.7. The number of fused-ring (bicyclic) bond motifs is 2. The molecular weight excluding hydrogens is 735 g/mol. The highest BCUT2D eigenvalue weighted by Gasteiger charge is 2.37. The largest absolute Gasteiger partial charge is 0.458 e. The summed E-state index contributed by atoms with van der Waals surface area (Å²) in [5, 5.41) is 20.6. The summed E-state index contributed by atoms with van der Waals surface area (Å²) in [4.78, 5) is 31.5. The van der Waals surface area contributed by atoms with Gasteiger partial charge in [0.1, 0.15) is 23.1 Å². The van der Waals surface area contributed by atoms with E-state index in [9.17, 15) is 31.6 Å². The van der Waals surface area contributed by atoms with Crippen molar-refractivity contribution >= 4 is 43.5 Å². The Hall–Kier alpha value is -3.86. The van der Waals surface area contributed by atoms with Crippen molar-refractivity contribution in [1.29, 1.82) is 0 Å². The second kappa shape index (κ2) is 15.7. The average Bonchev–Trinajstić information content (AvgIpc) is 3.06. The van der Waals surface area contributed by atoms with Gasteiger partial charge < -0.3 is 15.3 Å². The molecule has 0 radical (unpaired) electrons. The molecule has 0 bridgehead atoms. The number of sulfonamides is 2. The number of rotatable bonds is 8. The van der Waals surface area contributed by atoms with E-state index in [-0.39, 0.29) is 73.1 Å². The molecule has 14 nitrogen and oxygen atoms in total. The van der Waals surface area contributed by atoms with Crippen molar-refractivity contribution in [3.05, 3.63) is 58.7 Å². The highest BCUT2D eigenvalue weighted by atomic mass is 32.2. The van der Waals surface area contributed by atoms with E-state index in [0.29, 0.717) is 26.2 Å². The first-order valence-corrected chi connectivity index (χ1v) is 21.3. The molecule has 0 spiro atoms. The van der Waals surface area contributed by atoms with E-state index in [4.69, 9.17) is 9.57 Å². The second-order valence-corrected chi connectivity index (χ2v) is 20.5. The molecule has 2 heterocycles. The molecule has 2 fully saturated rings. The van der Waals surface area contributed by atoms with E-state index in [1.54, 1.807) is 34.6 Å². The smallest absolute Gasteiger partial charge is 0.434 e. The van der Waals surface area contributed by atoms with Crippen LogP contribution in [0, 0.1) is 29.6 Å². The van der Waals surface area contributed by atoms with Crippen molar-refractivity contribution < 1.29 is 41.2 Å². The van der Waals surface area contributed by atoms with Crippen molar-refractivity contribution in [3.63, 3.8) is 0 Å². The van der Waals surface area contributed by atoms with Crippen LogP contribution in [0.1, 0.15) is 97.4 Å². The number of oxime groups is 2. The van der Waals surface area contributed by atoms with E-state index < -0.39 is 43.8 Å². The van der Waals surface area contributed by atoms with Gasteiger partial charge in [-0.3, -0.25) is 4.84 Å². The topological polar surface area (TPSA) is 184 Å². The third kappa shape index (κ3) is 8.82. The van der Waals surface area contributed by atoms with Gasteiger partial charge in [0.25, 0.3) is 0 Å². The maximum atomic E-state index is 14.1. The molecule has 296 valence electrons. The first-order valence-electron chi connectivity index (χ1n) is 18.4. The average molecular weight is 788 g/mol. The summed E-state index contributed by atoms with van der Waals surface area (Å²) in [6, 6.07) is 7.48. The van der Waals surface area contributed by atoms with Crippen LogP contribution in [0.4, 0.5) is 4.79 Å². The molecule has 2 aromatic rings. The van der Waals surface area contributed by atoms with Gasteiger partial charge in [-0.1, -0.05) is 64.0 Å². The third-order valence-corrected chi connectivity index (χ3v) is 13.5. The van der Waals surface area contributed by atoms with Crippen molar-refractivity contribution in [2.75, 3.05) is 26.2 Å². The molecule has 5 atom stereocenters. The lowest BCUT2D eigenvalue weighted by Gasteiger charge is -2.34. The van der Waals surface area contributed by atoms with Crippen LogP contribution in [0.2, 0.25) is 0 Å². The number of hydrogen-bond donors (Lipinski definition) is 2. The van der Waals surface area contributed by atoms with Crippen LogP contribution in [0.5, 0.6) is 0 Å². The number of carbonyl (C=O) groups is 2. The van der Waals surface area contributed by atoms with E-state index in [1.807, 2.05) is 27.7 Å². The van der Waals surface area contributed by atoms with Crippen LogP contribution >= 0.6 is 0 Å². The SMILES string of the molecule is CC(C)C(NC(=O)ON=C1c2cc(S(=O)(=O)N3C[C@H](C)C[C@H](C)C3)ccc2C(=NO)c2ccc(S(=O)(=O)N3C[C@H](C)C[C@H](C)C3)cc21)C(=O)OC(C)(C)C. The summed E-state index contributed by atoms with van der Waals surface area (Å²) in [5.74, 6) is -0.482. The minimum atomic E-state index is -4.02. The molecule has 3 aliphatic rings. The van der Waals surface area contributed by atoms with Crippen LogP contribution in [0.25, 0.3) is 0 Å². The summed E-state index contributed by atoms with van der Waals surface area (Å²) in [7, 11) is -8.04. The number of piperidine rings is 2. The maximum Gasteiger partial charge on any atom is 0.434 e. The zero-order valence-corrected chi connectivity index (χ0v) is 34.1. The number of benzene rings is 2. The van der Waals surface area contributed by atoms with E-state index >= 15 is 0 Å². The third-order valence-electron chi connectivity index (χ3n) is 9.87. The van der Waals surface area contributed by atoms with Gasteiger partial charge in [0.05, 0.1) is 9.79 Å². The minimum absolute atomic E-state index is 0.0431. The first kappa shape index (κ1) is 41.3. The Bertz CT molecular complexity index is 1930. The molecule has 2 saturated heterocycles. The van der Waals surface area contributed by atoms with Crippen LogP contribution in [0.3, 0.4) is 0 Å². The van der Waals surface area contributed by atoms with Crippen molar-refractivity contribution in [2.24, 2.45) is 39.9 Å². The highest BCUT2D eigenvalue weighted by Crippen LogP contribution is 2.35. The number of nitrogens with one attached hydrogen (secondary N) is 1. The lowest BCUT2D eigenvalue weighted by molar-refractivity contribution is -0.158. The van der Waals surface area contributed by atoms with Crippen LogP contribution in [-0.4, -0.2) is 92.0 Å². The summed E-state index contributed by atoms with van der Waals surface area (Å²) in [6.07, 6.45) is 0.689. The predicted molar refractivity (Wildman–Crippen MR) is 203 cm³/mol. The molecule has 2 aromatic carbocycles. The van der Waals surface area contributed by atoms with Crippen molar-refractivity contribution in [2.45, 2.75) is 96.6 Å². The van der Waals surface area contributed by atoms with Gasteiger partial charge in [0.15, 0.2) is 0 Å². The molecule has 16 heteroatoms. The standard InChI is InChI=1S/C38H53N5O9S2/c1-22(2)33(36(44)51-38(7,8)9)39-37(45)52-41-35-31-16-27(53(47,48)42-18-23(3)14-24(4)19-42)10-12-29(31)34(40-46)30-13-11-28(17-32(30)35)54(49,50)43-20-25(5)15-26(6)21-43/h10-13,16-17,22-26,33,46H,14-15,18-21H2,1-9H3,(H,39,45)/t23-,24+,25-,26+,33?. The van der Waals surface area contributed by atoms with Gasteiger partial charge in [-0.25, -0.2) is 26.4 Å². The molecule has 1 unspecified atom stereocenters. The molecular formula is C38H53N5O9S2.